The van der Waals surface area contributed by atoms with Crippen molar-refractivity contribution >= 4 is 5.97 Å². The number of carbonyl (C=O) groups is 1. The summed E-state index contributed by atoms with van der Waals surface area (Å²) in [5.74, 6) is -0.0353. The number of carbonyl (C=O) groups excluding carboxylic acids is 1. The highest BCUT2D eigenvalue weighted by molar-refractivity contribution is 5.81. The van der Waals surface area contributed by atoms with E-state index in [-0.39, 0.29) is 17.9 Å². The molecule has 0 bridgehead atoms. The minimum atomic E-state index is -0.963. The van der Waals surface area contributed by atoms with Gasteiger partial charge in [0.05, 0.1) is 6.61 Å². The molecule has 20 heavy (non-hydrogen) atoms. The summed E-state index contributed by atoms with van der Waals surface area (Å²) in [6.07, 6.45) is 1.50. The number of esters is 1. The molecule has 0 amide bonds. The zero-order valence-electron chi connectivity index (χ0n) is 11.8. The normalized spacial score (nSPS) is 25.5. The first kappa shape index (κ1) is 14.8. The van der Waals surface area contributed by atoms with Gasteiger partial charge in [-0.1, -0.05) is 0 Å². The van der Waals surface area contributed by atoms with Gasteiger partial charge >= 0.3 is 5.97 Å². The quantitative estimate of drug-likeness (QED) is 0.860. The smallest absolute Gasteiger partial charge is 0.326 e. The zero-order valence-corrected chi connectivity index (χ0v) is 11.8. The van der Waals surface area contributed by atoms with Crippen LogP contribution in [0.25, 0.3) is 0 Å². The molecular weight excluding hydrogens is 261 g/mol. The van der Waals surface area contributed by atoms with E-state index in [0.29, 0.717) is 37.2 Å². The van der Waals surface area contributed by atoms with Gasteiger partial charge in [-0.3, -0.25) is 4.79 Å². The largest absolute Gasteiger partial charge is 0.490 e. The van der Waals surface area contributed by atoms with E-state index in [9.17, 15) is 9.18 Å². The minimum Gasteiger partial charge on any atom is -0.490 e. The van der Waals surface area contributed by atoms with Gasteiger partial charge < -0.3 is 15.2 Å². The van der Waals surface area contributed by atoms with Gasteiger partial charge in [0.2, 0.25) is 0 Å². The lowest BCUT2D eigenvalue weighted by atomic mass is 9.99. The van der Waals surface area contributed by atoms with Crippen LogP contribution in [0.15, 0.2) is 18.2 Å². The van der Waals surface area contributed by atoms with Crippen LogP contribution in [0.3, 0.4) is 0 Å². The molecule has 2 N–H and O–H groups in total. The van der Waals surface area contributed by atoms with Crippen LogP contribution in [-0.2, 0) is 9.53 Å². The second-order valence-electron chi connectivity index (χ2n) is 5.27. The van der Waals surface area contributed by atoms with E-state index in [0.717, 1.165) is 0 Å². The number of nitrogens with two attached hydrogens (primary N) is 1. The molecular formula is C15H20FNO3. The molecule has 0 aromatic heterocycles. The molecule has 1 aliphatic carbocycles. The lowest BCUT2D eigenvalue weighted by Crippen LogP contribution is -2.47. The lowest BCUT2D eigenvalue weighted by molar-refractivity contribution is -0.149. The number of hydrogen-bond acceptors (Lipinski definition) is 4. The molecule has 5 heteroatoms. The Morgan fingerprint density at radius 1 is 1.55 bits per heavy atom. The van der Waals surface area contributed by atoms with Crippen LogP contribution in [0, 0.1) is 12.7 Å². The predicted octanol–water partition coefficient (Wildman–Crippen LogP) is 2.33. The van der Waals surface area contributed by atoms with E-state index in [1.807, 2.05) is 0 Å². The Hall–Kier alpha value is -1.62. The summed E-state index contributed by atoms with van der Waals surface area (Å²) in [4.78, 5) is 11.8. The molecule has 0 aliphatic heterocycles. The zero-order chi connectivity index (χ0) is 14.8. The van der Waals surface area contributed by atoms with Crippen molar-refractivity contribution in [2.24, 2.45) is 5.73 Å². The highest BCUT2D eigenvalue weighted by atomic mass is 19.1. The van der Waals surface area contributed by atoms with E-state index in [2.05, 4.69) is 0 Å². The molecule has 2 unspecified atom stereocenters. The van der Waals surface area contributed by atoms with Gasteiger partial charge in [0, 0.05) is 6.42 Å². The van der Waals surface area contributed by atoms with E-state index in [1.165, 1.54) is 6.07 Å². The average Bonchev–Trinajstić information content (AvgIpc) is 2.77. The SMILES string of the molecule is CCOC(=O)C1(N)CCC(Oc2ccc(F)c(C)c2)C1. The van der Waals surface area contributed by atoms with Crippen molar-refractivity contribution in [1.29, 1.82) is 0 Å². The third-order valence-corrected chi connectivity index (χ3v) is 3.62. The molecule has 1 aromatic rings. The molecule has 1 fully saturated rings. The monoisotopic (exact) mass is 281 g/mol. The second kappa shape index (κ2) is 5.79. The first-order valence-corrected chi connectivity index (χ1v) is 6.83. The highest BCUT2D eigenvalue weighted by Gasteiger charge is 2.44. The van der Waals surface area contributed by atoms with E-state index in [4.69, 9.17) is 15.2 Å². The lowest BCUT2D eigenvalue weighted by Gasteiger charge is -2.21. The summed E-state index contributed by atoms with van der Waals surface area (Å²) in [5, 5.41) is 0. The van der Waals surface area contributed by atoms with Crippen molar-refractivity contribution in [2.75, 3.05) is 6.61 Å². The standard InChI is InChI=1S/C15H20FNO3/c1-3-19-14(18)15(17)7-6-12(9-15)20-11-4-5-13(16)10(2)8-11/h4-5,8,12H,3,6-7,9,17H2,1-2H3. The molecule has 0 heterocycles. The van der Waals surface area contributed by atoms with Gasteiger partial charge in [0.25, 0.3) is 0 Å². The fraction of sp³-hybridized carbons (Fsp3) is 0.533. The van der Waals surface area contributed by atoms with Crippen molar-refractivity contribution < 1.29 is 18.7 Å². The average molecular weight is 281 g/mol. The Morgan fingerprint density at radius 3 is 2.95 bits per heavy atom. The van der Waals surface area contributed by atoms with Crippen molar-refractivity contribution in [1.82, 2.24) is 0 Å². The molecule has 110 valence electrons. The van der Waals surface area contributed by atoms with Gasteiger partial charge in [-0.25, -0.2) is 4.39 Å². The molecule has 1 aliphatic rings. The number of halogens is 1. The van der Waals surface area contributed by atoms with Crippen LogP contribution in [0.2, 0.25) is 0 Å². The first-order valence-electron chi connectivity index (χ1n) is 6.83. The molecule has 0 spiro atoms. The summed E-state index contributed by atoms with van der Waals surface area (Å²) < 4.78 is 24.0. The summed E-state index contributed by atoms with van der Waals surface area (Å²) in [6.45, 7) is 3.76. The number of benzene rings is 1. The topological polar surface area (TPSA) is 61.5 Å². The molecule has 0 saturated heterocycles. The van der Waals surface area contributed by atoms with Crippen molar-refractivity contribution in [3.05, 3.63) is 29.6 Å². The van der Waals surface area contributed by atoms with Crippen LogP contribution in [0.5, 0.6) is 5.75 Å². The van der Waals surface area contributed by atoms with Crippen LogP contribution in [0.1, 0.15) is 31.7 Å². The van der Waals surface area contributed by atoms with Crippen LogP contribution in [-0.4, -0.2) is 24.2 Å². The second-order valence-corrected chi connectivity index (χ2v) is 5.27. The molecule has 2 rings (SSSR count). The number of hydrogen-bond donors (Lipinski definition) is 1. The van der Waals surface area contributed by atoms with E-state index >= 15 is 0 Å². The van der Waals surface area contributed by atoms with Gasteiger partial charge in [0.1, 0.15) is 23.2 Å². The molecule has 1 aromatic carbocycles. The maximum absolute atomic E-state index is 13.2. The van der Waals surface area contributed by atoms with E-state index < -0.39 is 5.54 Å². The first-order chi connectivity index (χ1) is 9.44. The molecule has 1 saturated carbocycles. The predicted molar refractivity (Wildman–Crippen MR) is 73.0 cm³/mol. The summed E-state index contributed by atoms with van der Waals surface area (Å²) >= 11 is 0. The van der Waals surface area contributed by atoms with Gasteiger partial charge in [-0.05, 0) is 50.5 Å². The van der Waals surface area contributed by atoms with Gasteiger partial charge in [-0.15, -0.1) is 0 Å². The third kappa shape index (κ3) is 3.10. The fourth-order valence-corrected chi connectivity index (χ4v) is 2.47. The Morgan fingerprint density at radius 2 is 2.30 bits per heavy atom. The molecule has 2 atom stereocenters. The van der Waals surface area contributed by atoms with Gasteiger partial charge in [0.15, 0.2) is 0 Å². The summed E-state index contributed by atoms with van der Waals surface area (Å²) in [6, 6.07) is 4.61. The van der Waals surface area contributed by atoms with Crippen molar-refractivity contribution in [3.63, 3.8) is 0 Å². The summed E-state index contributed by atoms with van der Waals surface area (Å²) in [7, 11) is 0. The molecule has 4 nitrogen and oxygen atoms in total. The molecule has 0 radical (unpaired) electrons. The minimum absolute atomic E-state index is 0.144. The Bertz CT molecular complexity index is 506. The van der Waals surface area contributed by atoms with Crippen LogP contribution >= 0.6 is 0 Å². The Kier molecular flexibility index (Phi) is 4.28. The number of rotatable bonds is 4. The Labute approximate surface area is 118 Å². The Balaban J connectivity index is 1.99. The summed E-state index contributed by atoms with van der Waals surface area (Å²) in [5.41, 5.74) is 5.64. The highest BCUT2D eigenvalue weighted by Crippen LogP contribution is 2.32. The van der Waals surface area contributed by atoms with Crippen molar-refractivity contribution in [2.45, 2.75) is 44.8 Å². The van der Waals surface area contributed by atoms with E-state index in [1.54, 1.807) is 26.0 Å². The maximum atomic E-state index is 13.2. The number of aryl methyl sites for hydroxylation is 1. The third-order valence-electron chi connectivity index (χ3n) is 3.62. The van der Waals surface area contributed by atoms with Crippen molar-refractivity contribution in [3.8, 4) is 5.75 Å². The fourth-order valence-electron chi connectivity index (χ4n) is 2.47. The maximum Gasteiger partial charge on any atom is 0.326 e. The van der Waals surface area contributed by atoms with Crippen LogP contribution < -0.4 is 10.5 Å². The van der Waals surface area contributed by atoms with Crippen LogP contribution in [0.4, 0.5) is 4.39 Å². The van der Waals surface area contributed by atoms with Gasteiger partial charge in [-0.2, -0.15) is 0 Å². The number of ether oxygens (including phenoxy) is 2.